The van der Waals surface area contributed by atoms with E-state index in [4.69, 9.17) is 4.74 Å². The molecule has 0 saturated carbocycles. The first kappa shape index (κ1) is 13.4. The second kappa shape index (κ2) is 6.20. The van der Waals surface area contributed by atoms with Crippen LogP contribution in [0.3, 0.4) is 0 Å². The number of carbonyl (C=O) groups excluding carboxylic acids is 1. The van der Waals surface area contributed by atoms with Gasteiger partial charge in [-0.3, -0.25) is 4.79 Å². The maximum atomic E-state index is 11.0. The van der Waals surface area contributed by atoms with Crippen molar-refractivity contribution in [3.8, 4) is 0 Å². The minimum atomic E-state index is -0.537. The lowest BCUT2D eigenvalue weighted by atomic mass is 10.0. The molecule has 1 unspecified atom stereocenters. The quantitative estimate of drug-likeness (QED) is 0.523. The van der Waals surface area contributed by atoms with Crippen LogP contribution in [0.5, 0.6) is 0 Å². The van der Waals surface area contributed by atoms with E-state index in [0.29, 0.717) is 0 Å². The molecule has 3 nitrogen and oxygen atoms in total. The van der Waals surface area contributed by atoms with Gasteiger partial charge in [-0.1, -0.05) is 52.9 Å². The molecule has 0 radical (unpaired) electrons. The van der Waals surface area contributed by atoms with Crippen LogP contribution in [0.1, 0.15) is 25.5 Å². The van der Waals surface area contributed by atoms with E-state index in [9.17, 15) is 9.90 Å². The van der Waals surface area contributed by atoms with Crippen molar-refractivity contribution in [2.75, 3.05) is 0 Å². The molecule has 0 aliphatic rings. The lowest BCUT2D eigenvalue weighted by molar-refractivity contribution is -0.147. The van der Waals surface area contributed by atoms with Gasteiger partial charge in [0.2, 0.25) is 0 Å². The lowest BCUT2D eigenvalue weighted by Crippen LogP contribution is -2.27. The number of ether oxygens (including phenoxy) is 1. The van der Waals surface area contributed by atoms with Gasteiger partial charge in [0.05, 0.1) is 10.0 Å². The smallest absolute Gasteiger partial charge is 0.303 e. The zero-order chi connectivity index (χ0) is 12.1. The molecule has 88 valence electrons. The van der Waals surface area contributed by atoms with E-state index in [0.717, 1.165) is 5.56 Å². The summed E-state index contributed by atoms with van der Waals surface area (Å²) in [5.74, 6) is -0.337. The predicted molar refractivity (Wildman–Crippen MR) is 70.4 cm³/mol. The second-order valence-corrected chi connectivity index (χ2v) is 5.06. The Labute approximate surface area is 109 Å². The standard InChI is InChI=1S/C12H15IO3/c1-8(14)11(13)12(16-9(2)15)10-6-4-3-5-7-10/h3-8,11-12,14H,1-2H3/t8?,11-,12-/m0/s1. The van der Waals surface area contributed by atoms with Gasteiger partial charge < -0.3 is 9.84 Å². The highest BCUT2D eigenvalue weighted by Crippen LogP contribution is 2.29. The fourth-order valence-electron chi connectivity index (χ4n) is 1.39. The molecule has 1 N–H and O–H groups in total. The minimum Gasteiger partial charge on any atom is -0.456 e. The van der Waals surface area contributed by atoms with E-state index < -0.39 is 12.2 Å². The van der Waals surface area contributed by atoms with Crippen LogP contribution in [-0.4, -0.2) is 21.1 Å². The molecule has 3 atom stereocenters. The molecule has 1 aromatic carbocycles. The summed E-state index contributed by atoms with van der Waals surface area (Å²) in [5.41, 5.74) is 0.901. The van der Waals surface area contributed by atoms with Crippen LogP contribution in [0.15, 0.2) is 30.3 Å². The molecule has 0 aliphatic heterocycles. The number of benzene rings is 1. The molecule has 1 rings (SSSR count). The van der Waals surface area contributed by atoms with Crippen LogP contribution in [0.25, 0.3) is 0 Å². The number of aliphatic hydroxyl groups is 1. The number of carbonyl (C=O) groups is 1. The summed E-state index contributed by atoms with van der Waals surface area (Å²) < 4.78 is 5.09. The molecule has 0 heterocycles. The fraction of sp³-hybridized carbons (Fsp3) is 0.417. The van der Waals surface area contributed by atoms with E-state index >= 15 is 0 Å². The number of aliphatic hydroxyl groups excluding tert-OH is 1. The average Bonchev–Trinajstić information content (AvgIpc) is 2.26. The first-order valence-corrected chi connectivity index (χ1v) is 6.31. The largest absolute Gasteiger partial charge is 0.456 e. The Morgan fingerprint density at radius 2 is 1.94 bits per heavy atom. The van der Waals surface area contributed by atoms with Crippen LogP contribution in [0.4, 0.5) is 0 Å². The van der Waals surface area contributed by atoms with Crippen molar-refractivity contribution >= 4 is 28.6 Å². The molecule has 0 aromatic heterocycles. The van der Waals surface area contributed by atoms with Gasteiger partial charge in [-0.15, -0.1) is 0 Å². The number of hydrogen-bond donors (Lipinski definition) is 1. The van der Waals surface area contributed by atoms with Crippen LogP contribution in [0, 0.1) is 0 Å². The molecule has 0 bridgehead atoms. The summed E-state index contributed by atoms with van der Waals surface area (Å²) in [6.45, 7) is 3.07. The van der Waals surface area contributed by atoms with Crippen molar-refractivity contribution in [3.05, 3.63) is 35.9 Å². The highest BCUT2D eigenvalue weighted by molar-refractivity contribution is 14.1. The van der Waals surface area contributed by atoms with Gasteiger partial charge in [-0.2, -0.15) is 0 Å². The molecule has 1 aromatic rings. The Hall–Kier alpha value is -0.620. The van der Waals surface area contributed by atoms with Crippen LogP contribution >= 0.6 is 22.6 Å². The van der Waals surface area contributed by atoms with Crippen LogP contribution in [0.2, 0.25) is 0 Å². The highest BCUT2D eigenvalue weighted by atomic mass is 127. The van der Waals surface area contributed by atoms with E-state index in [-0.39, 0.29) is 9.89 Å². The Bertz CT molecular complexity index is 337. The molecule has 0 spiro atoms. The lowest BCUT2D eigenvalue weighted by Gasteiger charge is -2.24. The zero-order valence-corrected chi connectivity index (χ0v) is 11.4. The zero-order valence-electron chi connectivity index (χ0n) is 9.26. The third-order valence-electron chi connectivity index (χ3n) is 2.17. The van der Waals surface area contributed by atoms with E-state index in [2.05, 4.69) is 22.6 Å². The van der Waals surface area contributed by atoms with Gasteiger partial charge in [0.15, 0.2) is 0 Å². The SMILES string of the molecule is CC(=O)O[C@@H](c1ccccc1)[C@@H](I)C(C)O. The Balaban J connectivity index is 2.91. The van der Waals surface area contributed by atoms with Gasteiger partial charge in [0, 0.05) is 6.92 Å². The summed E-state index contributed by atoms with van der Waals surface area (Å²) in [6, 6.07) is 9.46. The van der Waals surface area contributed by atoms with E-state index in [1.807, 2.05) is 30.3 Å². The summed E-state index contributed by atoms with van der Waals surface area (Å²) in [7, 11) is 0. The topological polar surface area (TPSA) is 46.5 Å². The molecule has 0 saturated heterocycles. The van der Waals surface area contributed by atoms with Crippen molar-refractivity contribution in [2.24, 2.45) is 0 Å². The molecule has 4 heteroatoms. The normalized spacial score (nSPS) is 16.2. The van der Waals surface area contributed by atoms with Gasteiger partial charge in [-0.05, 0) is 12.5 Å². The Morgan fingerprint density at radius 3 is 2.38 bits per heavy atom. The van der Waals surface area contributed by atoms with Gasteiger partial charge in [-0.25, -0.2) is 0 Å². The van der Waals surface area contributed by atoms with Crippen molar-refractivity contribution in [2.45, 2.75) is 30.0 Å². The molecule has 0 fully saturated rings. The summed E-state index contributed by atoms with van der Waals surface area (Å²) in [5, 5.41) is 9.57. The van der Waals surface area contributed by atoms with Crippen LogP contribution < -0.4 is 0 Å². The van der Waals surface area contributed by atoms with Gasteiger partial charge >= 0.3 is 5.97 Å². The van der Waals surface area contributed by atoms with Crippen molar-refractivity contribution in [1.29, 1.82) is 0 Å². The number of alkyl halides is 1. The maximum absolute atomic E-state index is 11.0. The maximum Gasteiger partial charge on any atom is 0.303 e. The first-order valence-electron chi connectivity index (χ1n) is 5.06. The van der Waals surface area contributed by atoms with Crippen LogP contribution in [-0.2, 0) is 9.53 Å². The third-order valence-corrected chi connectivity index (χ3v) is 3.87. The van der Waals surface area contributed by atoms with Crippen molar-refractivity contribution in [3.63, 3.8) is 0 Å². The highest BCUT2D eigenvalue weighted by Gasteiger charge is 2.27. The summed E-state index contributed by atoms with van der Waals surface area (Å²) >= 11 is 2.10. The van der Waals surface area contributed by atoms with E-state index in [1.54, 1.807) is 6.92 Å². The molecular weight excluding hydrogens is 319 g/mol. The monoisotopic (exact) mass is 334 g/mol. The second-order valence-electron chi connectivity index (χ2n) is 3.63. The molecular formula is C12H15IO3. The predicted octanol–water partition coefficient (Wildman–Crippen LogP) is 2.48. The molecule has 0 amide bonds. The fourth-order valence-corrected chi connectivity index (χ4v) is 1.95. The van der Waals surface area contributed by atoms with Gasteiger partial charge in [0.25, 0.3) is 0 Å². The molecule has 0 aliphatic carbocycles. The first-order chi connectivity index (χ1) is 7.52. The third kappa shape index (κ3) is 3.75. The summed E-state index contributed by atoms with van der Waals surface area (Å²) in [4.78, 5) is 11.0. The summed E-state index contributed by atoms with van der Waals surface area (Å²) in [6.07, 6.45) is -0.940. The molecule has 16 heavy (non-hydrogen) atoms. The number of esters is 1. The Kier molecular flexibility index (Phi) is 5.21. The Morgan fingerprint density at radius 1 is 1.38 bits per heavy atom. The van der Waals surface area contributed by atoms with Crippen molar-refractivity contribution < 1.29 is 14.6 Å². The number of hydrogen-bond acceptors (Lipinski definition) is 3. The van der Waals surface area contributed by atoms with E-state index in [1.165, 1.54) is 6.92 Å². The minimum absolute atomic E-state index is 0.163. The van der Waals surface area contributed by atoms with Gasteiger partial charge in [0.1, 0.15) is 6.10 Å². The van der Waals surface area contributed by atoms with Crippen molar-refractivity contribution in [1.82, 2.24) is 0 Å². The average molecular weight is 334 g/mol. The number of rotatable bonds is 4. The number of halogens is 1.